The lowest BCUT2D eigenvalue weighted by Crippen LogP contribution is -2.46. The van der Waals surface area contributed by atoms with Crippen LogP contribution in [-0.4, -0.2) is 72.3 Å². The van der Waals surface area contributed by atoms with Crippen molar-refractivity contribution in [2.45, 2.75) is 44.6 Å². The third-order valence-corrected chi connectivity index (χ3v) is 8.91. The number of rotatable bonds is 8. The summed E-state index contributed by atoms with van der Waals surface area (Å²) in [5.41, 5.74) is 3.48. The maximum Gasteiger partial charge on any atom is 0.247 e. The normalized spacial score (nSPS) is 21.1. The Morgan fingerprint density at radius 3 is 2.71 bits per heavy atom. The summed E-state index contributed by atoms with van der Waals surface area (Å²) in [7, 11) is 3.65. The molecule has 1 aromatic heterocycles. The van der Waals surface area contributed by atoms with Crippen molar-refractivity contribution in [2.75, 3.05) is 55.5 Å². The molecular formula is C32H42N8O2. The number of likely N-dealkylation sites (tertiary alicyclic amines) is 1. The highest BCUT2D eigenvalue weighted by molar-refractivity contribution is 6.03. The molecule has 2 fully saturated rings. The molecule has 3 N–H and O–H groups in total. The summed E-state index contributed by atoms with van der Waals surface area (Å²) in [6.45, 7) is 8.46. The lowest BCUT2D eigenvalue weighted by atomic mass is 9.94. The van der Waals surface area contributed by atoms with Crippen molar-refractivity contribution in [3.05, 3.63) is 53.4 Å². The number of amides is 1. The first-order chi connectivity index (χ1) is 20.5. The van der Waals surface area contributed by atoms with Crippen molar-refractivity contribution in [1.29, 1.82) is 0 Å². The van der Waals surface area contributed by atoms with E-state index in [1.165, 1.54) is 43.6 Å². The van der Waals surface area contributed by atoms with Crippen LogP contribution >= 0.6 is 0 Å². The standard InChI is InChI=1S/C32H42N8O2/c1-4-32(41)37-26-17-27(30(42-3)19-29(26)40-14-10-24(11-15-40)39-12-6-5-7-13-39)36-31-18-25(33-21-34-31)22-8-9-23-20-35-38(2)28(23)16-22/h4,9,16-20,22,24,34,36H,1,5-8,10-15,21H2,2-3H3,(H,37,41). The first kappa shape index (κ1) is 28.1. The molecule has 1 aliphatic carbocycles. The molecule has 0 saturated carbocycles. The summed E-state index contributed by atoms with van der Waals surface area (Å²) >= 11 is 0. The van der Waals surface area contributed by atoms with Gasteiger partial charge < -0.3 is 30.5 Å². The molecule has 0 radical (unpaired) electrons. The quantitative estimate of drug-likeness (QED) is 0.420. The van der Waals surface area contributed by atoms with Gasteiger partial charge in [0.15, 0.2) is 0 Å². The summed E-state index contributed by atoms with van der Waals surface area (Å²) < 4.78 is 7.78. The number of nitrogens with one attached hydrogen (secondary N) is 3. The smallest absolute Gasteiger partial charge is 0.247 e. The van der Waals surface area contributed by atoms with Gasteiger partial charge in [-0.25, -0.2) is 0 Å². The SMILES string of the molecule is C=CC(=O)Nc1cc(NC2=CC(C3C=c4c(cnn4C)=CC3)=NCN2)c(OC)cc1N1CCC(N2CCCCC2)CC1. The minimum Gasteiger partial charge on any atom is -0.494 e. The highest BCUT2D eigenvalue weighted by Gasteiger charge is 2.28. The molecule has 4 heterocycles. The number of nitrogens with zero attached hydrogens (tertiary/aromatic N) is 5. The zero-order chi connectivity index (χ0) is 29.1. The Balaban J connectivity index is 1.23. The largest absolute Gasteiger partial charge is 0.494 e. The molecular weight excluding hydrogens is 528 g/mol. The molecule has 10 heteroatoms. The summed E-state index contributed by atoms with van der Waals surface area (Å²) in [5, 5.41) is 16.6. The molecule has 4 aliphatic rings. The van der Waals surface area contributed by atoms with E-state index in [0.29, 0.717) is 18.5 Å². The van der Waals surface area contributed by atoms with Gasteiger partial charge in [0.25, 0.3) is 0 Å². The maximum absolute atomic E-state index is 12.5. The number of ether oxygens (including phenoxy) is 1. The topological polar surface area (TPSA) is 99.0 Å². The lowest BCUT2D eigenvalue weighted by molar-refractivity contribution is -0.111. The van der Waals surface area contributed by atoms with Crippen LogP contribution in [-0.2, 0) is 11.8 Å². The van der Waals surface area contributed by atoms with Crippen molar-refractivity contribution in [1.82, 2.24) is 20.0 Å². The molecule has 10 nitrogen and oxygen atoms in total. The number of hydrogen-bond donors (Lipinski definition) is 3. The third kappa shape index (κ3) is 5.94. The Morgan fingerprint density at radius 2 is 1.95 bits per heavy atom. The van der Waals surface area contributed by atoms with Gasteiger partial charge in [-0.15, -0.1) is 0 Å². The van der Waals surface area contributed by atoms with Gasteiger partial charge in [-0.1, -0.05) is 19.1 Å². The fourth-order valence-corrected chi connectivity index (χ4v) is 6.59. The predicted molar refractivity (Wildman–Crippen MR) is 169 cm³/mol. The third-order valence-electron chi connectivity index (χ3n) is 8.91. The van der Waals surface area contributed by atoms with Crippen LogP contribution in [0, 0.1) is 5.92 Å². The number of carbonyl (C=O) groups excluding carboxylic acids is 1. The van der Waals surface area contributed by atoms with Crippen LogP contribution in [0.25, 0.3) is 12.2 Å². The van der Waals surface area contributed by atoms with Gasteiger partial charge in [0.05, 0.1) is 35.7 Å². The summed E-state index contributed by atoms with van der Waals surface area (Å²) in [6, 6.07) is 4.64. The number of methoxy groups -OCH3 is 1. The molecule has 0 spiro atoms. The van der Waals surface area contributed by atoms with Crippen LogP contribution in [0.1, 0.15) is 38.5 Å². The molecule has 1 aromatic carbocycles. The average molecular weight is 571 g/mol. The van der Waals surface area contributed by atoms with Gasteiger partial charge in [0.2, 0.25) is 5.91 Å². The predicted octanol–water partition coefficient (Wildman–Crippen LogP) is 2.54. The zero-order valence-corrected chi connectivity index (χ0v) is 24.7. The number of piperidine rings is 2. The maximum atomic E-state index is 12.5. The van der Waals surface area contributed by atoms with Gasteiger partial charge in [0.1, 0.15) is 18.2 Å². The second-order valence-electron chi connectivity index (χ2n) is 11.5. The molecule has 1 unspecified atom stereocenters. The van der Waals surface area contributed by atoms with E-state index in [9.17, 15) is 4.79 Å². The van der Waals surface area contributed by atoms with E-state index in [-0.39, 0.29) is 11.8 Å². The molecule has 3 aliphatic heterocycles. The first-order valence-electron chi connectivity index (χ1n) is 15.1. The van der Waals surface area contributed by atoms with E-state index < -0.39 is 0 Å². The Morgan fingerprint density at radius 1 is 1.14 bits per heavy atom. The molecule has 2 saturated heterocycles. The van der Waals surface area contributed by atoms with E-state index >= 15 is 0 Å². The lowest BCUT2D eigenvalue weighted by Gasteiger charge is -2.41. The summed E-state index contributed by atoms with van der Waals surface area (Å²) in [5.74, 6) is 1.48. The minimum absolute atomic E-state index is 0.173. The minimum atomic E-state index is -0.237. The van der Waals surface area contributed by atoms with Gasteiger partial charge in [-0.2, -0.15) is 5.10 Å². The Hall–Kier alpha value is -4.05. The molecule has 222 valence electrons. The summed E-state index contributed by atoms with van der Waals surface area (Å²) in [4.78, 5) is 22.3. The van der Waals surface area contributed by atoms with Crippen molar-refractivity contribution >= 4 is 40.8 Å². The Bertz CT molecular complexity index is 1510. The fraction of sp³-hybridized carbons (Fsp3) is 0.469. The number of fused-ring (bicyclic) bond motifs is 1. The second-order valence-corrected chi connectivity index (χ2v) is 11.5. The summed E-state index contributed by atoms with van der Waals surface area (Å²) in [6.07, 6.45) is 16.8. The second kappa shape index (κ2) is 12.4. The van der Waals surface area contributed by atoms with Gasteiger partial charge in [-0.3, -0.25) is 14.5 Å². The van der Waals surface area contributed by atoms with E-state index in [2.05, 4.69) is 55.7 Å². The monoisotopic (exact) mass is 570 g/mol. The fourth-order valence-electron chi connectivity index (χ4n) is 6.59. The molecule has 0 bridgehead atoms. The number of anilines is 3. The zero-order valence-electron chi connectivity index (χ0n) is 24.7. The highest BCUT2D eigenvalue weighted by atomic mass is 16.5. The van der Waals surface area contributed by atoms with Crippen molar-refractivity contribution in [3.8, 4) is 5.75 Å². The molecule has 42 heavy (non-hydrogen) atoms. The van der Waals surface area contributed by atoms with Crippen LogP contribution in [0.3, 0.4) is 0 Å². The van der Waals surface area contributed by atoms with Crippen LogP contribution in [0.2, 0.25) is 0 Å². The number of allylic oxidation sites excluding steroid dienone is 1. The number of aryl methyl sites for hydroxylation is 1. The van der Waals surface area contributed by atoms with Crippen LogP contribution in [0.5, 0.6) is 5.75 Å². The number of benzene rings is 1. The van der Waals surface area contributed by atoms with E-state index in [4.69, 9.17) is 9.73 Å². The molecule has 1 atom stereocenters. The molecule has 1 amide bonds. The van der Waals surface area contributed by atoms with Crippen molar-refractivity contribution in [3.63, 3.8) is 0 Å². The van der Waals surface area contributed by atoms with E-state index in [1.807, 2.05) is 30.1 Å². The van der Waals surface area contributed by atoms with E-state index in [0.717, 1.165) is 66.3 Å². The van der Waals surface area contributed by atoms with Gasteiger partial charge in [-0.05, 0) is 63.4 Å². The number of hydrogen-bond acceptors (Lipinski definition) is 8. The van der Waals surface area contributed by atoms with Crippen LogP contribution in [0.4, 0.5) is 17.1 Å². The first-order valence-corrected chi connectivity index (χ1v) is 15.1. The highest BCUT2D eigenvalue weighted by Crippen LogP contribution is 2.39. The molecule has 2 aromatic rings. The average Bonchev–Trinajstić information content (AvgIpc) is 3.41. The molecule has 6 rings (SSSR count). The Kier molecular flexibility index (Phi) is 8.32. The Labute approximate surface area is 247 Å². The van der Waals surface area contributed by atoms with E-state index in [1.54, 1.807) is 7.11 Å². The van der Waals surface area contributed by atoms with Gasteiger partial charge in [0, 0.05) is 55.2 Å². The van der Waals surface area contributed by atoms with Crippen molar-refractivity contribution in [2.24, 2.45) is 18.0 Å². The number of aromatic nitrogens is 2. The van der Waals surface area contributed by atoms with Crippen LogP contribution in [0.15, 0.2) is 47.9 Å². The van der Waals surface area contributed by atoms with Crippen molar-refractivity contribution < 1.29 is 9.53 Å². The van der Waals surface area contributed by atoms with Gasteiger partial charge >= 0.3 is 0 Å². The number of aliphatic imine (C=N–C) groups is 1. The number of carbonyl (C=O) groups is 1. The van der Waals surface area contributed by atoms with Crippen LogP contribution < -0.4 is 36.2 Å².